The first-order valence-electron chi connectivity index (χ1n) is 6.32. The third-order valence-corrected chi connectivity index (χ3v) is 3.13. The van der Waals surface area contributed by atoms with E-state index in [9.17, 15) is 4.79 Å². The van der Waals surface area contributed by atoms with Crippen molar-refractivity contribution in [2.24, 2.45) is 0 Å². The lowest BCUT2D eigenvalue weighted by atomic mass is 10.1. The van der Waals surface area contributed by atoms with Crippen molar-refractivity contribution in [3.63, 3.8) is 0 Å². The maximum Gasteiger partial charge on any atom is 0.335 e. The molecule has 0 saturated carbocycles. The average molecular weight is 306 g/mol. The third kappa shape index (κ3) is 5.81. The smallest absolute Gasteiger partial charge is 0.335 e. The Morgan fingerprint density at radius 3 is 2.26 bits per heavy atom. The standard InChI is InChI=1S/C14H20ClNO2.ClH/c1-3-7-16(8-4-2)10-12-6-5-11(14(17)18)9-13(12)15;/h5-6,9H,3-4,7-8,10H2,1-2H3,(H,17,18);1H. The molecule has 1 rings (SSSR count). The Morgan fingerprint density at radius 2 is 1.84 bits per heavy atom. The van der Waals surface area contributed by atoms with Gasteiger partial charge in [-0.05, 0) is 43.6 Å². The van der Waals surface area contributed by atoms with Crippen molar-refractivity contribution in [2.75, 3.05) is 13.1 Å². The molecule has 0 fully saturated rings. The summed E-state index contributed by atoms with van der Waals surface area (Å²) in [5.74, 6) is -0.942. The molecule has 3 nitrogen and oxygen atoms in total. The lowest BCUT2D eigenvalue weighted by Crippen LogP contribution is -2.25. The van der Waals surface area contributed by atoms with Gasteiger partial charge in [-0.1, -0.05) is 31.5 Å². The minimum atomic E-state index is -0.942. The van der Waals surface area contributed by atoms with E-state index in [1.165, 1.54) is 6.07 Å². The summed E-state index contributed by atoms with van der Waals surface area (Å²) in [5, 5.41) is 9.42. The fourth-order valence-corrected chi connectivity index (χ4v) is 2.19. The molecule has 0 amide bonds. The van der Waals surface area contributed by atoms with Crippen molar-refractivity contribution in [3.8, 4) is 0 Å². The fourth-order valence-electron chi connectivity index (χ4n) is 1.95. The molecule has 0 saturated heterocycles. The Labute approximate surface area is 126 Å². The Kier molecular flexibility index (Phi) is 8.81. The van der Waals surface area contributed by atoms with Crippen LogP contribution < -0.4 is 0 Å². The molecule has 1 N–H and O–H groups in total. The third-order valence-electron chi connectivity index (χ3n) is 2.77. The molecule has 0 bridgehead atoms. The van der Waals surface area contributed by atoms with Gasteiger partial charge in [0.2, 0.25) is 0 Å². The molecule has 0 aliphatic heterocycles. The van der Waals surface area contributed by atoms with Gasteiger partial charge in [0, 0.05) is 11.6 Å². The highest BCUT2D eigenvalue weighted by molar-refractivity contribution is 6.31. The SMILES string of the molecule is CCCN(CCC)Cc1ccc(C(=O)O)cc1Cl.Cl. The van der Waals surface area contributed by atoms with Crippen LogP contribution in [-0.2, 0) is 6.54 Å². The van der Waals surface area contributed by atoms with E-state index in [0.717, 1.165) is 38.0 Å². The molecule has 0 atom stereocenters. The predicted molar refractivity (Wildman–Crippen MR) is 81.5 cm³/mol. The zero-order chi connectivity index (χ0) is 13.5. The summed E-state index contributed by atoms with van der Waals surface area (Å²) in [6, 6.07) is 4.94. The summed E-state index contributed by atoms with van der Waals surface area (Å²) in [6.07, 6.45) is 2.20. The van der Waals surface area contributed by atoms with Crippen LogP contribution in [0, 0.1) is 0 Å². The molecule has 5 heteroatoms. The highest BCUT2D eigenvalue weighted by atomic mass is 35.5. The lowest BCUT2D eigenvalue weighted by molar-refractivity contribution is 0.0697. The van der Waals surface area contributed by atoms with Crippen LogP contribution in [0.15, 0.2) is 18.2 Å². The summed E-state index contributed by atoms with van der Waals surface area (Å²) in [4.78, 5) is 13.2. The molecular weight excluding hydrogens is 285 g/mol. The topological polar surface area (TPSA) is 40.5 Å². The second kappa shape index (κ2) is 9.18. The molecular formula is C14H21Cl2NO2. The molecule has 0 aliphatic rings. The predicted octanol–water partition coefficient (Wildman–Crippen LogP) is 4.08. The number of aromatic carboxylic acids is 1. The molecule has 1 aromatic rings. The second-order valence-electron chi connectivity index (χ2n) is 4.39. The van der Waals surface area contributed by atoms with E-state index < -0.39 is 5.97 Å². The first-order valence-corrected chi connectivity index (χ1v) is 6.70. The highest BCUT2D eigenvalue weighted by Gasteiger charge is 2.10. The molecule has 108 valence electrons. The molecule has 0 radical (unpaired) electrons. The van der Waals surface area contributed by atoms with Gasteiger partial charge in [0.05, 0.1) is 5.56 Å². The van der Waals surface area contributed by atoms with Gasteiger partial charge in [0.15, 0.2) is 0 Å². The normalized spacial score (nSPS) is 10.3. The molecule has 0 aromatic heterocycles. The van der Waals surface area contributed by atoms with Crippen LogP contribution in [-0.4, -0.2) is 29.1 Å². The van der Waals surface area contributed by atoms with E-state index in [2.05, 4.69) is 18.7 Å². The van der Waals surface area contributed by atoms with Crippen LogP contribution in [0.5, 0.6) is 0 Å². The summed E-state index contributed by atoms with van der Waals surface area (Å²) < 4.78 is 0. The van der Waals surface area contributed by atoms with Crippen LogP contribution in [0.1, 0.15) is 42.6 Å². The van der Waals surface area contributed by atoms with Crippen molar-refractivity contribution in [1.29, 1.82) is 0 Å². The van der Waals surface area contributed by atoms with E-state index in [1.54, 1.807) is 6.07 Å². The van der Waals surface area contributed by atoms with Crippen molar-refractivity contribution >= 4 is 30.0 Å². The first kappa shape index (κ1) is 18.2. The molecule has 0 aliphatic carbocycles. The van der Waals surface area contributed by atoms with E-state index in [1.807, 2.05) is 6.07 Å². The Balaban J connectivity index is 0.00000324. The van der Waals surface area contributed by atoms with Crippen LogP contribution in [0.4, 0.5) is 0 Å². The van der Waals surface area contributed by atoms with Crippen LogP contribution in [0.2, 0.25) is 5.02 Å². The van der Waals surface area contributed by atoms with Crippen molar-refractivity contribution < 1.29 is 9.90 Å². The van der Waals surface area contributed by atoms with Gasteiger partial charge >= 0.3 is 5.97 Å². The van der Waals surface area contributed by atoms with Gasteiger partial charge in [0.25, 0.3) is 0 Å². The first-order chi connectivity index (χ1) is 8.58. The monoisotopic (exact) mass is 305 g/mol. The van der Waals surface area contributed by atoms with Crippen LogP contribution in [0.3, 0.4) is 0 Å². The Morgan fingerprint density at radius 1 is 1.26 bits per heavy atom. The number of halogens is 2. The number of carboxylic acid groups (broad SMARTS) is 1. The lowest BCUT2D eigenvalue weighted by Gasteiger charge is -2.21. The van der Waals surface area contributed by atoms with Gasteiger partial charge in [-0.3, -0.25) is 4.90 Å². The Hall–Kier alpha value is -0.770. The molecule has 0 unspecified atom stereocenters. The number of hydrogen-bond acceptors (Lipinski definition) is 2. The Bertz CT molecular complexity index is 404. The van der Waals surface area contributed by atoms with E-state index in [0.29, 0.717) is 5.02 Å². The van der Waals surface area contributed by atoms with Crippen molar-refractivity contribution in [3.05, 3.63) is 34.3 Å². The second-order valence-corrected chi connectivity index (χ2v) is 4.79. The maximum absolute atomic E-state index is 10.8. The fraction of sp³-hybridized carbons (Fsp3) is 0.500. The number of hydrogen-bond donors (Lipinski definition) is 1. The number of benzene rings is 1. The minimum Gasteiger partial charge on any atom is -0.478 e. The number of nitrogens with zero attached hydrogens (tertiary/aromatic N) is 1. The zero-order valence-corrected chi connectivity index (χ0v) is 12.9. The summed E-state index contributed by atoms with van der Waals surface area (Å²) >= 11 is 6.13. The minimum absolute atomic E-state index is 0. The molecule has 1 aromatic carbocycles. The van der Waals surface area contributed by atoms with E-state index >= 15 is 0 Å². The van der Waals surface area contributed by atoms with Crippen molar-refractivity contribution in [2.45, 2.75) is 33.2 Å². The van der Waals surface area contributed by atoms with Crippen molar-refractivity contribution in [1.82, 2.24) is 4.90 Å². The molecule has 19 heavy (non-hydrogen) atoms. The van der Waals surface area contributed by atoms with Gasteiger partial charge in [0.1, 0.15) is 0 Å². The summed E-state index contributed by atoms with van der Waals surface area (Å²) in [6.45, 7) is 7.14. The highest BCUT2D eigenvalue weighted by Crippen LogP contribution is 2.20. The van der Waals surface area contributed by atoms with Gasteiger partial charge in [-0.15, -0.1) is 12.4 Å². The summed E-state index contributed by atoms with van der Waals surface area (Å²) in [5.41, 5.74) is 1.23. The van der Waals surface area contributed by atoms with Gasteiger partial charge < -0.3 is 5.11 Å². The van der Waals surface area contributed by atoms with E-state index in [4.69, 9.17) is 16.7 Å². The average Bonchev–Trinajstić information content (AvgIpc) is 2.32. The number of carboxylic acids is 1. The van der Waals surface area contributed by atoms with Gasteiger partial charge in [-0.25, -0.2) is 4.79 Å². The van der Waals surface area contributed by atoms with Crippen LogP contribution in [0.25, 0.3) is 0 Å². The quantitative estimate of drug-likeness (QED) is 0.825. The maximum atomic E-state index is 10.8. The van der Waals surface area contributed by atoms with Crippen LogP contribution >= 0.6 is 24.0 Å². The number of carbonyl (C=O) groups is 1. The van der Waals surface area contributed by atoms with Gasteiger partial charge in [-0.2, -0.15) is 0 Å². The molecule has 0 spiro atoms. The summed E-state index contributed by atoms with van der Waals surface area (Å²) in [7, 11) is 0. The number of rotatable bonds is 7. The largest absolute Gasteiger partial charge is 0.478 e. The zero-order valence-electron chi connectivity index (χ0n) is 11.4. The van der Waals surface area contributed by atoms with E-state index in [-0.39, 0.29) is 18.0 Å². The molecule has 0 heterocycles.